The van der Waals surface area contributed by atoms with Crippen LogP contribution in [0.1, 0.15) is 47.0 Å². The van der Waals surface area contributed by atoms with E-state index in [4.69, 9.17) is 16.3 Å². The predicted molar refractivity (Wildman–Crippen MR) is 87.7 cm³/mol. The summed E-state index contributed by atoms with van der Waals surface area (Å²) in [5.74, 6) is 1.07. The van der Waals surface area contributed by atoms with Crippen LogP contribution in [0.3, 0.4) is 0 Å². The lowest BCUT2D eigenvalue weighted by molar-refractivity contribution is -0.258. The molecule has 1 fully saturated rings. The smallest absolute Gasteiger partial charge is 0.134 e. The molecule has 124 valence electrons. The number of hydroxylamine groups is 2. The predicted octanol–water partition coefficient (Wildman–Crippen LogP) is 4.47. The average molecular weight is 328 g/mol. The molecule has 1 aromatic carbocycles. The summed E-state index contributed by atoms with van der Waals surface area (Å²) >= 11 is 5.90. The van der Waals surface area contributed by atoms with E-state index in [9.17, 15) is 10.3 Å². The normalized spacial score (nSPS) is 28.5. The van der Waals surface area contributed by atoms with E-state index in [-0.39, 0.29) is 16.8 Å². The van der Waals surface area contributed by atoms with Crippen molar-refractivity contribution >= 4 is 11.6 Å². The van der Waals surface area contributed by atoms with Gasteiger partial charge in [0, 0.05) is 17.1 Å². The molecule has 4 nitrogen and oxygen atoms in total. The van der Waals surface area contributed by atoms with E-state index in [0.717, 1.165) is 19.3 Å². The van der Waals surface area contributed by atoms with Crippen LogP contribution in [-0.4, -0.2) is 33.1 Å². The van der Waals surface area contributed by atoms with Crippen molar-refractivity contribution in [1.82, 2.24) is 5.06 Å². The van der Waals surface area contributed by atoms with E-state index < -0.39 is 0 Å². The Morgan fingerprint density at radius 3 is 2.59 bits per heavy atom. The van der Waals surface area contributed by atoms with Crippen LogP contribution in [0.4, 0.5) is 0 Å². The highest BCUT2D eigenvalue weighted by molar-refractivity contribution is 6.32. The Morgan fingerprint density at radius 2 is 2.00 bits per heavy atom. The van der Waals surface area contributed by atoms with E-state index >= 15 is 0 Å². The quantitative estimate of drug-likeness (QED) is 0.856. The molecule has 0 aliphatic carbocycles. The number of nitrogens with zero attached hydrogens (tertiary/aromatic N) is 1. The number of hydrogen-bond donors (Lipinski definition) is 2. The summed E-state index contributed by atoms with van der Waals surface area (Å²) in [6.45, 7) is 8.89. The number of hydrogen-bond acceptors (Lipinski definition) is 4. The minimum Gasteiger partial charge on any atom is -0.506 e. The molecule has 0 bridgehead atoms. The molecule has 1 heterocycles. The first kappa shape index (κ1) is 17.4. The second kappa shape index (κ2) is 6.26. The minimum atomic E-state index is -0.274. The molecule has 5 heteroatoms. The zero-order valence-electron chi connectivity index (χ0n) is 13.8. The van der Waals surface area contributed by atoms with Gasteiger partial charge in [0.15, 0.2) is 0 Å². The maximum atomic E-state index is 10.5. The van der Waals surface area contributed by atoms with E-state index in [2.05, 4.69) is 27.7 Å². The number of ether oxygens (including phenoxy) is 1. The Hall–Kier alpha value is -0.970. The zero-order valence-corrected chi connectivity index (χ0v) is 14.5. The molecule has 0 aromatic heterocycles. The first-order valence-electron chi connectivity index (χ1n) is 7.78. The van der Waals surface area contributed by atoms with E-state index in [1.54, 1.807) is 12.1 Å². The van der Waals surface area contributed by atoms with Crippen molar-refractivity contribution in [3.05, 3.63) is 23.2 Å². The Kier molecular flexibility index (Phi) is 4.95. The number of aromatic hydroxyl groups is 1. The van der Waals surface area contributed by atoms with Gasteiger partial charge in [-0.2, -0.15) is 5.06 Å². The van der Waals surface area contributed by atoms with Crippen molar-refractivity contribution in [3.63, 3.8) is 0 Å². The maximum absolute atomic E-state index is 10.5. The van der Waals surface area contributed by atoms with Gasteiger partial charge in [-0.3, -0.25) is 0 Å². The van der Waals surface area contributed by atoms with Crippen LogP contribution in [0.5, 0.6) is 11.5 Å². The molecule has 0 saturated carbocycles. The van der Waals surface area contributed by atoms with Gasteiger partial charge in [-0.25, -0.2) is 0 Å². The fourth-order valence-corrected chi connectivity index (χ4v) is 3.68. The van der Waals surface area contributed by atoms with Crippen LogP contribution in [0.15, 0.2) is 18.2 Å². The lowest BCUT2D eigenvalue weighted by Gasteiger charge is -2.52. The molecule has 0 radical (unpaired) electrons. The van der Waals surface area contributed by atoms with Crippen LogP contribution in [-0.2, 0) is 0 Å². The second-order valence-corrected chi connectivity index (χ2v) is 7.58. The molecule has 2 N–H and O–H groups in total. The molecule has 0 spiro atoms. The van der Waals surface area contributed by atoms with Crippen molar-refractivity contribution in [2.75, 3.05) is 6.61 Å². The van der Waals surface area contributed by atoms with Gasteiger partial charge < -0.3 is 15.1 Å². The summed E-state index contributed by atoms with van der Waals surface area (Å²) in [6.07, 6.45) is 2.63. The van der Waals surface area contributed by atoms with E-state index in [1.165, 1.54) is 11.1 Å². The first-order chi connectivity index (χ1) is 10.2. The van der Waals surface area contributed by atoms with Crippen molar-refractivity contribution in [3.8, 4) is 11.5 Å². The van der Waals surface area contributed by atoms with Gasteiger partial charge in [-0.15, -0.1) is 0 Å². The third-order valence-electron chi connectivity index (χ3n) is 4.77. The highest BCUT2D eigenvalue weighted by atomic mass is 35.5. The Balaban J connectivity index is 2.05. The van der Waals surface area contributed by atoms with E-state index in [1.807, 2.05) is 0 Å². The second-order valence-electron chi connectivity index (χ2n) is 7.17. The number of rotatable bonds is 4. The fourth-order valence-electron chi connectivity index (χ4n) is 3.51. The summed E-state index contributed by atoms with van der Waals surface area (Å²) in [5, 5.41) is 21.7. The molecule has 1 aromatic rings. The molecule has 2 atom stereocenters. The lowest BCUT2D eigenvalue weighted by atomic mass is 9.74. The number of piperidine rings is 1. The van der Waals surface area contributed by atoms with Gasteiger partial charge in [0.25, 0.3) is 0 Å². The molecule has 1 saturated heterocycles. The third kappa shape index (κ3) is 3.50. The lowest BCUT2D eigenvalue weighted by Crippen LogP contribution is -2.60. The minimum absolute atomic E-state index is 0.0577. The van der Waals surface area contributed by atoms with Crippen LogP contribution in [0.25, 0.3) is 0 Å². The SMILES string of the molecule is CCC1(C)CC(COc2ccc(O)c(Cl)c2)CC(C)(C)N1O. The molecular weight excluding hydrogens is 302 g/mol. The molecule has 0 amide bonds. The van der Waals surface area contributed by atoms with Crippen LogP contribution in [0.2, 0.25) is 5.02 Å². The Labute approximate surface area is 137 Å². The zero-order chi connectivity index (χ0) is 16.5. The van der Waals surface area contributed by atoms with Gasteiger partial charge in [-0.05, 0) is 58.1 Å². The van der Waals surface area contributed by atoms with Crippen LogP contribution >= 0.6 is 11.6 Å². The summed E-state index contributed by atoms with van der Waals surface area (Å²) in [7, 11) is 0. The molecule has 1 aliphatic rings. The molecule has 22 heavy (non-hydrogen) atoms. The summed E-state index contributed by atoms with van der Waals surface area (Å²) in [4.78, 5) is 0. The summed E-state index contributed by atoms with van der Waals surface area (Å²) in [5.41, 5.74) is -0.508. The molecule has 2 unspecified atom stereocenters. The molecular formula is C17H26ClNO3. The van der Waals surface area contributed by atoms with Crippen molar-refractivity contribution < 1.29 is 15.1 Å². The Morgan fingerprint density at radius 1 is 1.32 bits per heavy atom. The number of benzene rings is 1. The van der Waals surface area contributed by atoms with Crippen molar-refractivity contribution in [1.29, 1.82) is 0 Å². The monoisotopic (exact) mass is 327 g/mol. The Bertz CT molecular complexity index is 535. The van der Waals surface area contributed by atoms with Gasteiger partial charge in [0.2, 0.25) is 0 Å². The number of phenols is 1. The van der Waals surface area contributed by atoms with Gasteiger partial charge >= 0.3 is 0 Å². The summed E-state index contributed by atoms with van der Waals surface area (Å²) < 4.78 is 5.85. The van der Waals surface area contributed by atoms with Crippen LogP contribution < -0.4 is 4.74 Å². The third-order valence-corrected chi connectivity index (χ3v) is 5.07. The molecule has 2 rings (SSSR count). The van der Waals surface area contributed by atoms with E-state index in [0.29, 0.717) is 23.3 Å². The van der Waals surface area contributed by atoms with Crippen molar-refractivity contribution in [2.45, 2.75) is 58.0 Å². The largest absolute Gasteiger partial charge is 0.506 e. The summed E-state index contributed by atoms with van der Waals surface area (Å²) in [6, 6.07) is 4.88. The standard InChI is InChI=1S/C17H26ClNO3/c1-5-17(4)10-12(9-16(2,3)19(17)21)11-22-13-6-7-15(20)14(18)8-13/h6-8,12,20-21H,5,9-11H2,1-4H3. The van der Waals surface area contributed by atoms with Gasteiger partial charge in [0.1, 0.15) is 11.5 Å². The van der Waals surface area contributed by atoms with Crippen LogP contribution in [0, 0.1) is 5.92 Å². The topological polar surface area (TPSA) is 52.9 Å². The average Bonchev–Trinajstić information content (AvgIpc) is 2.45. The van der Waals surface area contributed by atoms with Gasteiger partial charge in [0.05, 0.1) is 11.6 Å². The number of halogens is 1. The van der Waals surface area contributed by atoms with Gasteiger partial charge in [-0.1, -0.05) is 18.5 Å². The number of phenolic OH excluding ortho intramolecular Hbond substituents is 1. The maximum Gasteiger partial charge on any atom is 0.134 e. The molecule has 1 aliphatic heterocycles. The highest BCUT2D eigenvalue weighted by Gasteiger charge is 2.46. The first-order valence-corrected chi connectivity index (χ1v) is 8.16. The van der Waals surface area contributed by atoms with Crippen molar-refractivity contribution in [2.24, 2.45) is 5.92 Å². The highest BCUT2D eigenvalue weighted by Crippen LogP contribution is 2.42. The fraction of sp³-hybridized carbons (Fsp3) is 0.647.